The molecule has 4 rings (SSSR count). The molecule has 0 aromatic heterocycles. The highest BCUT2D eigenvalue weighted by molar-refractivity contribution is 7.89. The molecule has 2 aromatic rings. The average molecular weight is 512 g/mol. The molecule has 1 aliphatic heterocycles. The minimum Gasteiger partial charge on any atom is -0.342 e. The Morgan fingerprint density at radius 2 is 1.53 bits per heavy atom. The van der Waals surface area contributed by atoms with E-state index in [4.69, 9.17) is 0 Å². The first-order valence-electron chi connectivity index (χ1n) is 13.1. The molecular formula is C28H37N3O4S. The Kier molecular flexibility index (Phi) is 8.80. The minimum atomic E-state index is -3.79. The first kappa shape index (κ1) is 26.4. The van der Waals surface area contributed by atoms with Gasteiger partial charge in [0.25, 0.3) is 0 Å². The number of sulfonamides is 1. The van der Waals surface area contributed by atoms with E-state index in [2.05, 4.69) is 0 Å². The first-order valence-corrected chi connectivity index (χ1v) is 14.5. The van der Waals surface area contributed by atoms with Crippen molar-refractivity contribution in [1.29, 1.82) is 0 Å². The second-order valence-corrected chi connectivity index (χ2v) is 11.8. The van der Waals surface area contributed by atoms with Crippen molar-refractivity contribution in [3.8, 4) is 0 Å². The number of rotatable bonds is 10. The van der Waals surface area contributed by atoms with Crippen molar-refractivity contribution in [2.45, 2.75) is 62.9 Å². The van der Waals surface area contributed by atoms with Crippen LogP contribution in [0.1, 0.15) is 51.0 Å². The van der Waals surface area contributed by atoms with Gasteiger partial charge in [-0.15, -0.1) is 0 Å². The molecule has 8 heteroatoms. The van der Waals surface area contributed by atoms with E-state index >= 15 is 0 Å². The molecule has 194 valence electrons. The second-order valence-electron chi connectivity index (χ2n) is 9.84. The fourth-order valence-corrected chi connectivity index (χ4v) is 6.53. The maximum atomic E-state index is 13.7. The van der Waals surface area contributed by atoms with Crippen LogP contribution in [0.25, 0.3) is 0 Å². The zero-order valence-electron chi connectivity index (χ0n) is 21.1. The summed E-state index contributed by atoms with van der Waals surface area (Å²) in [5.74, 6) is 0.230. The highest BCUT2D eigenvalue weighted by Gasteiger charge is 2.35. The number of carbonyl (C=O) groups excluding carboxylic acids is 2. The lowest BCUT2D eigenvalue weighted by Gasteiger charge is -2.41. The fourth-order valence-electron chi connectivity index (χ4n) is 5.03. The zero-order chi connectivity index (χ0) is 25.5. The molecule has 2 aromatic carbocycles. The summed E-state index contributed by atoms with van der Waals surface area (Å²) in [7, 11) is -3.79. The van der Waals surface area contributed by atoms with Crippen molar-refractivity contribution < 1.29 is 18.0 Å². The molecule has 1 aliphatic carbocycles. The van der Waals surface area contributed by atoms with E-state index in [0.29, 0.717) is 38.9 Å². The number of hydrogen-bond acceptors (Lipinski definition) is 4. The smallest absolute Gasteiger partial charge is 0.243 e. The van der Waals surface area contributed by atoms with E-state index < -0.39 is 10.0 Å². The van der Waals surface area contributed by atoms with E-state index in [-0.39, 0.29) is 41.8 Å². The van der Waals surface area contributed by atoms with Gasteiger partial charge in [-0.25, -0.2) is 8.42 Å². The van der Waals surface area contributed by atoms with Crippen molar-refractivity contribution in [2.24, 2.45) is 5.92 Å². The maximum Gasteiger partial charge on any atom is 0.243 e. The van der Waals surface area contributed by atoms with Crippen LogP contribution >= 0.6 is 0 Å². The molecule has 0 unspecified atom stereocenters. The van der Waals surface area contributed by atoms with Gasteiger partial charge in [0.05, 0.1) is 11.4 Å². The highest BCUT2D eigenvalue weighted by atomic mass is 32.2. The van der Waals surface area contributed by atoms with Crippen LogP contribution < -0.4 is 0 Å². The number of likely N-dealkylation sites (tertiary alicyclic amines) is 1. The number of piperidine rings is 1. The van der Waals surface area contributed by atoms with Crippen molar-refractivity contribution in [3.05, 3.63) is 66.2 Å². The zero-order valence-corrected chi connectivity index (χ0v) is 21.9. The summed E-state index contributed by atoms with van der Waals surface area (Å²) in [5, 5.41) is 0. The van der Waals surface area contributed by atoms with E-state index in [0.717, 1.165) is 24.8 Å². The van der Waals surface area contributed by atoms with Crippen LogP contribution in [0.15, 0.2) is 65.6 Å². The van der Waals surface area contributed by atoms with Gasteiger partial charge < -0.3 is 9.80 Å². The lowest BCUT2D eigenvalue weighted by Crippen LogP contribution is -2.52. The summed E-state index contributed by atoms with van der Waals surface area (Å²) >= 11 is 0. The van der Waals surface area contributed by atoms with Crippen molar-refractivity contribution in [2.75, 3.05) is 26.2 Å². The van der Waals surface area contributed by atoms with Gasteiger partial charge in [-0.2, -0.15) is 4.31 Å². The standard InChI is InChI=1S/C28H37N3O4S/c1-2-18-30(36(34,35)26-14-7-4-8-15-26)22-27(32)31(21-23-10-5-3-6-11-23)25-16-19-29(20-17-25)28(33)24-12-9-13-24/h3-8,10-11,14-15,24-25H,2,9,12-13,16-22H2,1H3. The topological polar surface area (TPSA) is 78.0 Å². The van der Waals surface area contributed by atoms with Gasteiger partial charge in [-0.05, 0) is 49.8 Å². The molecule has 2 aliphatic rings. The van der Waals surface area contributed by atoms with Crippen LogP contribution in [0.3, 0.4) is 0 Å². The van der Waals surface area contributed by atoms with E-state index in [1.165, 1.54) is 4.31 Å². The maximum absolute atomic E-state index is 13.7. The molecule has 1 saturated carbocycles. The van der Waals surface area contributed by atoms with Crippen molar-refractivity contribution >= 4 is 21.8 Å². The average Bonchev–Trinajstić information content (AvgIpc) is 2.87. The Bertz CT molecular complexity index is 1110. The lowest BCUT2D eigenvalue weighted by atomic mass is 9.84. The third-order valence-corrected chi connectivity index (χ3v) is 9.21. The second kappa shape index (κ2) is 12.0. The summed E-state index contributed by atoms with van der Waals surface area (Å²) < 4.78 is 28.0. The molecule has 36 heavy (non-hydrogen) atoms. The van der Waals surface area contributed by atoms with Gasteiger partial charge >= 0.3 is 0 Å². The SMILES string of the molecule is CCCN(CC(=O)N(Cc1ccccc1)C1CCN(C(=O)C2CCC2)CC1)S(=O)(=O)c1ccccc1. The van der Waals surface area contributed by atoms with Gasteiger partial charge in [0.1, 0.15) is 0 Å². The third kappa shape index (κ3) is 6.16. The molecule has 1 saturated heterocycles. The van der Waals surface area contributed by atoms with E-state index in [1.54, 1.807) is 30.3 Å². The third-order valence-electron chi connectivity index (χ3n) is 7.35. The fraction of sp³-hybridized carbons (Fsp3) is 0.500. The van der Waals surface area contributed by atoms with Crippen molar-refractivity contribution in [3.63, 3.8) is 0 Å². The number of hydrogen-bond donors (Lipinski definition) is 0. The summed E-state index contributed by atoms with van der Waals surface area (Å²) in [6.45, 7) is 3.69. The molecule has 0 spiro atoms. The number of nitrogens with zero attached hydrogens (tertiary/aromatic N) is 3. The number of benzene rings is 2. The summed E-state index contributed by atoms with van der Waals surface area (Å²) in [5.41, 5.74) is 1.01. The first-order chi connectivity index (χ1) is 17.4. The quantitative estimate of drug-likeness (QED) is 0.485. The summed E-state index contributed by atoms with van der Waals surface area (Å²) in [6.07, 6.45) is 5.12. The van der Waals surface area contributed by atoms with Crippen LogP contribution in [-0.2, 0) is 26.2 Å². The van der Waals surface area contributed by atoms with Gasteiger partial charge in [-0.3, -0.25) is 9.59 Å². The minimum absolute atomic E-state index is 0.0361. The van der Waals surface area contributed by atoms with E-state index in [9.17, 15) is 18.0 Å². The number of carbonyl (C=O) groups is 2. The lowest BCUT2D eigenvalue weighted by molar-refractivity contribution is -0.141. The van der Waals surface area contributed by atoms with Crippen LogP contribution in [-0.4, -0.2) is 66.6 Å². The van der Waals surface area contributed by atoms with Crippen LogP contribution in [0.2, 0.25) is 0 Å². The highest BCUT2D eigenvalue weighted by Crippen LogP contribution is 2.30. The van der Waals surface area contributed by atoms with Crippen LogP contribution in [0.4, 0.5) is 0 Å². The van der Waals surface area contributed by atoms with Gasteiger partial charge in [0.15, 0.2) is 0 Å². The predicted octanol–water partition coefficient (Wildman–Crippen LogP) is 3.91. The molecule has 7 nitrogen and oxygen atoms in total. The molecule has 0 atom stereocenters. The normalized spacial score (nSPS) is 17.1. The number of amides is 2. The predicted molar refractivity (Wildman–Crippen MR) is 139 cm³/mol. The Morgan fingerprint density at radius 1 is 0.917 bits per heavy atom. The molecular weight excluding hydrogens is 474 g/mol. The largest absolute Gasteiger partial charge is 0.342 e. The van der Waals surface area contributed by atoms with Gasteiger partial charge in [0, 0.05) is 38.1 Å². The monoisotopic (exact) mass is 511 g/mol. The van der Waals surface area contributed by atoms with Gasteiger partial charge in [0.2, 0.25) is 21.8 Å². The molecule has 0 N–H and O–H groups in total. The molecule has 2 fully saturated rings. The summed E-state index contributed by atoms with van der Waals surface area (Å²) in [4.78, 5) is 30.4. The van der Waals surface area contributed by atoms with Crippen LogP contribution in [0, 0.1) is 5.92 Å². The molecule has 0 radical (unpaired) electrons. The van der Waals surface area contributed by atoms with E-state index in [1.807, 2.05) is 47.1 Å². The Morgan fingerprint density at radius 3 is 2.08 bits per heavy atom. The Hall–Kier alpha value is -2.71. The summed E-state index contributed by atoms with van der Waals surface area (Å²) in [6, 6.07) is 18.1. The molecule has 0 bridgehead atoms. The van der Waals surface area contributed by atoms with Gasteiger partial charge in [-0.1, -0.05) is 61.9 Å². The Balaban J connectivity index is 1.50. The Labute approximate surface area is 215 Å². The molecule has 2 amide bonds. The molecule has 1 heterocycles. The van der Waals surface area contributed by atoms with Crippen molar-refractivity contribution in [1.82, 2.24) is 14.1 Å². The van der Waals surface area contributed by atoms with Crippen LogP contribution in [0.5, 0.6) is 0 Å².